The van der Waals surface area contributed by atoms with Gasteiger partial charge in [0.15, 0.2) is 23.9 Å². The Balaban J connectivity index is 1.39. The highest BCUT2D eigenvalue weighted by molar-refractivity contribution is 6.01. The molecule has 1 amide bonds. The maximum atomic E-state index is 12.2. The summed E-state index contributed by atoms with van der Waals surface area (Å²) in [6, 6.07) is 10.7. The van der Waals surface area contributed by atoms with E-state index in [1.807, 2.05) is 0 Å². The van der Waals surface area contributed by atoms with Gasteiger partial charge in [-0.2, -0.15) is 0 Å². The fourth-order valence-electron chi connectivity index (χ4n) is 3.17. The van der Waals surface area contributed by atoms with E-state index >= 15 is 0 Å². The van der Waals surface area contributed by atoms with Crippen LogP contribution in [0.3, 0.4) is 0 Å². The van der Waals surface area contributed by atoms with E-state index in [1.165, 1.54) is 0 Å². The number of ether oxygens (including phenoxy) is 3. The number of carbonyl (C=O) groups is 2. The van der Waals surface area contributed by atoms with Gasteiger partial charge >= 0.3 is 0 Å². The van der Waals surface area contributed by atoms with Crippen LogP contribution >= 0.6 is 0 Å². The highest BCUT2D eigenvalue weighted by Crippen LogP contribution is 2.32. The summed E-state index contributed by atoms with van der Waals surface area (Å²) in [4.78, 5) is 24.0. The van der Waals surface area contributed by atoms with Crippen LogP contribution in [0.25, 0.3) is 0 Å². The number of benzene rings is 2. The van der Waals surface area contributed by atoms with Gasteiger partial charge < -0.3 is 19.5 Å². The van der Waals surface area contributed by atoms with Gasteiger partial charge in [-0.3, -0.25) is 9.59 Å². The minimum absolute atomic E-state index is 0.126. The Bertz CT molecular complexity index is 861. The molecule has 2 aromatic rings. The summed E-state index contributed by atoms with van der Waals surface area (Å²) in [5, 5.41) is 2.79. The van der Waals surface area contributed by atoms with E-state index in [4.69, 9.17) is 14.2 Å². The van der Waals surface area contributed by atoms with Gasteiger partial charge in [0.25, 0.3) is 5.91 Å². The van der Waals surface area contributed by atoms with Gasteiger partial charge in [0.2, 0.25) is 0 Å². The molecule has 0 saturated carbocycles. The van der Waals surface area contributed by atoms with E-state index in [0.717, 1.165) is 12.0 Å². The van der Waals surface area contributed by atoms with Crippen molar-refractivity contribution in [2.24, 2.45) is 0 Å². The van der Waals surface area contributed by atoms with Crippen molar-refractivity contribution in [2.45, 2.75) is 19.3 Å². The third-order valence-electron chi connectivity index (χ3n) is 4.43. The van der Waals surface area contributed by atoms with Crippen LogP contribution in [-0.2, 0) is 11.2 Å². The maximum absolute atomic E-state index is 12.2. The van der Waals surface area contributed by atoms with E-state index in [-0.39, 0.29) is 18.3 Å². The molecule has 0 radical (unpaired) electrons. The lowest BCUT2D eigenvalue weighted by atomic mass is 10.1. The van der Waals surface area contributed by atoms with Gasteiger partial charge in [-0.1, -0.05) is 12.1 Å². The maximum Gasteiger partial charge on any atom is 0.262 e. The molecule has 0 atom stereocenters. The van der Waals surface area contributed by atoms with Crippen molar-refractivity contribution in [2.75, 3.05) is 25.1 Å². The number of Topliss-reactive ketones (excluding diaryl/α,β-unsaturated/α-hetero) is 1. The van der Waals surface area contributed by atoms with Crippen molar-refractivity contribution in [1.29, 1.82) is 0 Å². The Hall–Kier alpha value is -3.02. The Kier molecular flexibility index (Phi) is 4.48. The van der Waals surface area contributed by atoms with E-state index in [0.29, 0.717) is 54.6 Å². The van der Waals surface area contributed by atoms with Crippen LogP contribution in [0.2, 0.25) is 0 Å². The monoisotopic (exact) mass is 353 g/mol. The zero-order valence-corrected chi connectivity index (χ0v) is 14.2. The lowest BCUT2D eigenvalue weighted by molar-refractivity contribution is -0.118. The second kappa shape index (κ2) is 7.07. The SMILES string of the molecule is O=C(COc1cccc2c1CCC2=O)Nc1ccc2c(c1)OCCCO2. The fourth-order valence-corrected chi connectivity index (χ4v) is 3.17. The quantitative estimate of drug-likeness (QED) is 0.915. The minimum atomic E-state index is -0.276. The van der Waals surface area contributed by atoms with Gasteiger partial charge in [-0.15, -0.1) is 0 Å². The van der Waals surface area contributed by atoms with Gasteiger partial charge in [0, 0.05) is 35.7 Å². The zero-order chi connectivity index (χ0) is 17.9. The molecule has 0 bridgehead atoms. The molecule has 6 heteroatoms. The Labute approximate surface area is 151 Å². The Morgan fingerprint density at radius 2 is 1.92 bits per heavy atom. The molecule has 0 saturated heterocycles. The molecule has 2 aliphatic rings. The molecule has 1 aliphatic carbocycles. The highest BCUT2D eigenvalue weighted by Gasteiger charge is 2.23. The summed E-state index contributed by atoms with van der Waals surface area (Å²) in [6.07, 6.45) is 1.99. The normalized spacial score (nSPS) is 15.2. The molecule has 1 N–H and O–H groups in total. The van der Waals surface area contributed by atoms with Crippen molar-refractivity contribution < 1.29 is 23.8 Å². The van der Waals surface area contributed by atoms with E-state index in [1.54, 1.807) is 36.4 Å². The molecule has 134 valence electrons. The first-order chi connectivity index (χ1) is 12.7. The van der Waals surface area contributed by atoms with Crippen LogP contribution in [0.4, 0.5) is 5.69 Å². The van der Waals surface area contributed by atoms with Crippen LogP contribution in [0, 0.1) is 0 Å². The number of carbonyl (C=O) groups excluding carboxylic acids is 2. The third kappa shape index (κ3) is 3.35. The third-order valence-corrected chi connectivity index (χ3v) is 4.43. The molecule has 1 aliphatic heterocycles. The molecule has 26 heavy (non-hydrogen) atoms. The number of ketones is 1. The van der Waals surface area contributed by atoms with Gasteiger partial charge in [0.05, 0.1) is 13.2 Å². The molecule has 1 heterocycles. The molecule has 0 fully saturated rings. The second-order valence-electron chi connectivity index (χ2n) is 6.25. The first-order valence-electron chi connectivity index (χ1n) is 8.68. The molecular formula is C20H19NO5. The summed E-state index contributed by atoms with van der Waals surface area (Å²) >= 11 is 0. The summed E-state index contributed by atoms with van der Waals surface area (Å²) in [5.41, 5.74) is 2.21. The van der Waals surface area contributed by atoms with Crippen molar-refractivity contribution in [3.05, 3.63) is 47.5 Å². The van der Waals surface area contributed by atoms with E-state index in [2.05, 4.69) is 5.32 Å². The number of anilines is 1. The van der Waals surface area contributed by atoms with Crippen LogP contribution in [0.1, 0.15) is 28.8 Å². The Morgan fingerprint density at radius 1 is 1.08 bits per heavy atom. The fraction of sp³-hybridized carbons (Fsp3) is 0.300. The minimum Gasteiger partial charge on any atom is -0.490 e. The number of nitrogens with one attached hydrogen (secondary N) is 1. The van der Waals surface area contributed by atoms with Crippen LogP contribution in [0.15, 0.2) is 36.4 Å². The van der Waals surface area contributed by atoms with Gasteiger partial charge in [-0.05, 0) is 24.6 Å². The standard InChI is InChI=1S/C20H19NO5/c22-16-7-6-15-14(16)3-1-4-17(15)26-12-20(23)21-13-5-8-18-19(11-13)25-10-2-9-24-18/h1,3-5,8,11H,2,6-7,9-10,12H2,(H,21,23). The largest absolute Gasteiger partial charge is 0.490 e. The zero-order valence-electron chi connectivity index (χ0n) is 14.2. The highest BCUT2D eigenvalue weighted by atomic mass is 16.5. The van der Waals surface area contributed by atoms with Crippen molar-refractivity contribution in [3.63, 3.8) is 0 Å². The first kappa shape index (κ1) is 16.4. The topological polar surface area (TPSA) is 73.9 Å². The predicted molar refractivity (Wildman–Crippen MR) is 95.3 cm³/mol. The molecule has 6 nitrogen and oxygen atoms in total. The predicted octanol–water partition coefficient (Wildman–Crippen LogP) is 2.99. The Morgan fingerprint density at radius 3 is 2.81 bits per heavy atom. The second-order valence-corrected chi connectivity index (χ2v) is 6.25. The number of amides is 1. The van der Waals surface area contributed by atoms with E-state index < -0.39 is 0 Å². The van der Waals surface area contributed by atoms with Gasteiger partial charge in [0.1, 0.15) is 5.75 Å². The molecule has 4 rings (SSSR count). The molecule has 0 unspecified atom stereocenters. The number of hydrogen-bond acceptors (Lipinski definition) is 5. The van der Waals surface area contributed by atoms with Crippen molar-refractivity contribution >= 4 is 17.4 Å². The first-order valence-corrected chi connectivity index (χ1v) is 8.68. The van der Waals surface area contributed by atoms with Crippen molar-refractivity contribution in [3.8, 4) is 17.2 Å². The van der Waals surface area contributed by atoms with Crippen LogP contribution in [0.5, 0.6) is 17.2 Å². The molecule has 0 spiro atoms. The lowest BCUT2D eigenvalue weighted by Gasteiger charge is -2.12. The molecule has 2 aromatic carbocycles. The van der Waals surface area contributed by atoms with Gasteiger partial charge in [-0.25, -0.2) is 0 Å². The number of hydrogen-bond donors (Lipinski definition) is 1. The molecule has 0 aromatic heterocycles. The van der Waals surface area contributed by atoms with E-state index in [9.17, 15) is 9.59 Å². The molecular weight excluding hydrogens is 334 g/mol. The number of fused-ring (bicyclic) bond motifs is 2. The average molecular weight is 353 g/mol. The summed E-state index contributed by atoms with van der Waals surface area (Å²) in [5.74, 6) is 1.76. The average Bonchev–Trinajstić information content (AvgIpc) is 2.88. The summed E-state index contributed by atoms with van der Waals surface area (Å²) in [7, 11) is 0. The lowest BCUT2D eigenvalue weighted by Crippen LogP contribution is -2.20. The number of rotatable bonds is 4. The summed E-state index contributed by atoms with van der Waals surface area (Å²) < 4.78 is 16.8. The summed E-state index contributed by atoms with van der Waals surface area (Å²) in [6.45, 7) is 1.08. The van der Waals surface area contributed by atoms with Crippen LogP contribution in [-0.4, -0.2) is 31.5 Å². The van der Waals surface area contributed by atoms with Crippen molar-refractivity contribution in [1.82, 2.24) is 0 Å². The smallest absolute Gasteiger partial charge is 0.262 e. The van der Waals surface area contributed by atoms with Crippen LogP contribution < -0.4 is 19.5 Å².